The number of β-amino-alcohol motifs (C(OH)–C–C–N with tert-alkyl or cyclic N) is 1. The molecule has 0 saturated carbocycles. The predicted molar refractivity (Wildman–Crippen MR) is 87.2 cm³/mol. The van der Waals surface area contributed by atoms with Crippen LogP contribution in [-0.4, -0.2) is 46.4 Å². The molecule has 24 heavy (non-hydrogen) atoms. The third-order valence-corrected chi connectivity index (χ3v) is 4.05. The van der Waals surface area contributed by atoms with E-state index in [0.29, 0.717) is 17.7 Å². The third kappa shape index (κ3) is 2.90. The van der Waals surface area contributed by atoms with Crippen molar-refractivity contribution in [2.75, 3.05) is 18.5 Å². The summed E-state index contributed by atoms with van der Waals surface area (Å²) in [6.45, 7) is 3.59. The number of aliphatic hydroxyl groups excluding tert-OH is 1. The van der Waals surface area contributed by atoms with Gasteiger partial charge in [-0.25, -0.2) is 0 Å². The van der Waals surface area contributed by atoms with E-state index in [4.69, 9.17) is 5.11 Å². The SMILES string of the molecule is CC1(C)Cc2cc(NC3=CC(=O)N(CCO)C3=O)ccc2C(=O)N1. The molecule has 3 N–H and O–H groups in total. The third-order valence-electron chi connectivity index (χ3n) is 4.05. The van der Waals surface area contributed by atoms with Crippen LogP contribution in [0.3, 0.4) is 0 Å². The van der Waals surface area contributed by atoms with Gasteiger partial charge in [-0.05, 0) is 44.0 Å². The topological polar surface area (TPSA) is 98.7 Å². The molecule has 0 saturated heterocycles. The Morgan fingerprint density at radius 2 is 2.04 bits per heavy atom. The van der Waals surface area contributed by atoms with Crippen LogP contribution >= 0.6 is 0 Å². The molecule has 0 unspecified atom stereocenters. The van der Waals surface area contributed by atoms with Gasteiger partial charge in [0.15, 0.2) is 0 Å². The predicted octanol–water partition coefficient (Wildman–Crippen LogP) is 0.408. The molecule has 126 valence electrons. The van der Waals surface area contributed by atoms with Crippen molar-refractivity contribution in [2.24, 2.45) is 0 Å². The second-order valence-corrected chi connectivity index (χ2v) is 6.59. The first kappa shape index (κ1) is 16.2. The number of amides is 3. The Morgan fingerprint density at radius 3 is 2.75 bits per heavy atom. The highest BCUT2D eigenvalue weighted by atomic mass is 16.3. The monoisotopic (exact) mass is 329 g/mol. The maximum Gasteiger partial charge on any atom is 0.277 e. The summed E-state index contributed by atoms with van der Waals surface area (Å²) in [5, 5.41) is 14.8. The molecule has 0 fully saturated rings. The van der Waals surface area contributed by atoms with Crippen LogP contribution < -0.4 is 10.6 Å². The van der Waals surface area contributed by atoms with E-state index in [1.165, 1.54) is 6.08 Å². The van der Waals surface area contributed by atoms with Gasteiger partial charge in [-0.3, -0.25) is 19.3 Å². The molecule has 7 heteroatoms. The standard InChI is InChI=1S/C17H19N3O4/c1-17(2)9-10-7-11(3-4-12(10)15(23)19-17)18-13-8-14(22)20(5-6-21)16(13)24/h3-4,7-8,18,21H,5-6,9H2,1-2H3,(H,19,23). The van der Waals surface area contributed by atoms with Gasteiger partial charge in [-0.1, -0.05) is 0 Å². The van der Waals surface area contributed by atoms with Crippen LogP contribution in [0.2, 0.25) is 0 Å². The van der Waals surface area contributed by atoms with E-state index < -0.39 is 11.8 Å². The maximum atomic E-state index is 12.2. The number of imide groups is 1. The lowest BCUT2D eigenvalue weighted by molar-refractivity contribution is -0.137. The van der Waals surface area contributed by atoms with Crippen molar-refractivity contribution in [2.45, 2.75) is 25.8 Å². The first-order valence-electron chi connectivity index (χ1n) is 7.71. The molecule has 2 aliphatic heterocycles. The van der Waals surface area contributed by atoms with Gasteiger partial charge in [0.25, 0.3) is 17.7 Å². The normalized spacial score (nSPS) is 19.0. The number of carbonyl (C=O) groups is 3. The summed E-state index contributed by atoms with van der Waals surface area (Å²) in [5.41, 5.74) is 1.97. The van der Waals surface area contributed by atoms with E-state index >= 15 is 0 Å². The van der Waals surface area contributed by atoms with Crippen LogP contribution in [0.15, 0.2) is 30.0 Å². The summed E-state index contributed by atoms with van der Waals surface area (Å²) >= 11 is 0. The molecular weight excluding hydrogens is 310 g/mol. The number of hydrogen-bond donors (Lipinski definition) is 3. The van der Waals surface area contributed by atoms with Gasteiger partial charge >= 0.3 is 0 Å². The van der Waals surface area contributed by atoms with E-state index in [1.807, 2.05) is 19.9 Å². The molecule has 0 aromatic heterocycles. The molecule has 0 aliphatic carbocycles. The molecule has 3 rings (SSSR count). The lowest BCUT2D eigenvalue weighted by atomic mass is 9.87. The van der Waals surface area contributed by atoms with Gasteiger partial charge in [-0.2, -0.15) is 0 Å². The van der Waals surface area contributed by atoms with E-state index in [-0.39, 0.29) is 30.3 Å². The lowest BCUT2D eigenvalue weighted by Gasteiger charge is -2.32. The second kappa shape index (κ2) is 5.76. The zero-order chi connectivity index (χ0) is 17.5. The Kier molecular flexibility index (Phi) is 3.88. The van der Waals surface area contributed by atoms with E-state index in [1.54, 1.807) is 12.1 Å². The number of fused-ring (bicyclic) bond motifs is 1. The number of nitrogens with one attached hydrogen (secondary N) is 2. The van der Waals surface area contributed by atoms with Gasteiger partial charge in [0.05, 0.1) is 13.2 Å². The zero-order valence-electron chi connectivity index (χ0n) is 13.5. The van der Waals surface area contributed by atoms with Gasteiger partial charge < -0.3 is 15.7 Å². The van der Waals surface area contributed by atoms with Crippen LogP contribution in [0.4, 0.5) is 5.69 Å². The average Bonchev–Trinajstić information content (AvgIpc) is 2.73. The summed E-state index contributed by atoms with van der Waals surface area (Å²) in [5.74, 6) is -1.03. The number of nitrogens with zero attached hydrogens (tertiary/aromatic N) is 1. The highest BCUT2D eigenvalue weighted by molar-refractivity contribution is 6.17. The maximum absolute atomic E-state index is 12.2. The van der Waals surface area contributed by atoms with Crippen LogP contribution in [0.1, 0.15) is 29.8 Å². The molecule has 7 nitrogen and oxygen atoms in total. The van der Waals surface area contributed by atoms with Crippen LogP contribution in [-0.2, 0) is 16.0 Å². The number of hydrogen-bond acceptors (Lipinski definition) is 5. The lowest BCUT2D eigenvalue weighted by Crippen LogP contribution is -2.49. The fourth-order valence-corrected chi connectivity index (χ4v) is 3.00. The highest BCUT2D eigenvalue weighted by Crippen LogP contribution is 2.27. The van der Waals surface area contributed by atoms with Crippen molar-refractivity contribution in [3.8, 4) is 0 Å². The first-order chi connectivity index (χ1) is 11.3. The number of anilines is 1. The van der Waals surface area contributed by atoms with Crippen LogP contribution in [0, 0.1) is 0 Å². The van der Waals surface area contributed by atoms with Gasteiger partial charge in [-0.15, -0.1) is 0 Å². The fraction of sp³-hybridized carbons (Fsp3) is 0.353. The molecule has 3 amide bonds. The van der Waals surface area contributed by atoms with E-state index in [9.17, 15) is 14.4 Å². The number of carbonyl (C=O) groups excluding carboxylic acids is 3. The van der Waals surface area contributed by atoms with Crippen molar-refractivity contribution in [1.29, 1.82) is 0 Å². The van der Waals surface area contributed by atoms with Crippen molar-refractivity contribution < 1.29 is 19.5 Å². The number of benzene rings is 1. The smallest absolute Gasteiger partial charge is 0.277 e. The molecule has 0 spiro atoms. The van der Waals surface area contributed by atoms with Crippen molar-refractivity contribution in [3.63, 3.8) is 0 Å². The number of aliphatic hydroxyl groups is 1. The van der Waals surface area contributed by atoms with Crippen LogP contribution in [0.25, 0.3) is 0 Å². The summed E-state index contributed by atoms with van der Waals surface area (Å²) < 4.78 is 0. The summed E-state index contributed by atoms with van der Waals surface area (Å²) in [4.78, 5) is 37.0. The van der Waals surface area contributed by atoms with Crippen LogP contribution in [0.5, 0.6) is 0 Å². The Balaban J connectivity index is 1.83. The van der Waals surface area contributed by atoms with Crippen molar-refractivity contribution in [1.82, 2.24) is 10.2 Å². The Labute approximate surface area is 139 Å². The average molecular weight is 329 g/mol. The summed E-state index contributed by atoms with van der Waals surface area (Å²) in [6, 6.07) is 5.22. The Bertz CT molecular complexity index is 767. The molecule has 1 aromatic rings. The molecule has 1 aromatic carbocycles. The Hall–Kier alpha value is -2.67. The molecule has 0 bridgehead atoms. The molecular formula is C17H19N3O4. The summed E-state index contributed by atoms with van der Waals surface area (Å²) in [7, 11) is 0. The quantitative estimate of drug-likeness (QED) is 0.695. The minimum Gasteiger partial charge on any atom is -0.395 e. The molecule has 0 atom stereocenters. The van der Waals surface area contributed by atoms with Crippen molar-refractivity contribution in [3.05, 3.63) is 41.1 Å². The minimum atomic E-state index is -0.468. The van der Waals surface area contributed by atoms with Gasteiger partial charge in [0, 0.05) is 22.9 Å². The van der Waals surface area contributed by atoms with E-state index in [2.05, 4.69) is 10.6 Å². The largest absolute Gasteiger partial charge is 0.395 e. The fourth-order valence-electron chi connectivity index (χ4n) is 3.00. The zero-order valence-corrected chi connectivity index (χ0v) is 13.5. The molecule has 2 heterocycles. The van der Waals surface area contributed by atoms with Gasteiger partial charge in [0.2, 0.25) is 0 Å². The molecule has 2 aliphatic rings. The van der Waals surface area contributed by atoms with Crippen molar-refractivity contribution >= 4 is 23.4 Å². The molecule has 0 radical (unpaired) electrons. The first-order valence-corrected chi connectivity index (χ1v) is 7.71. The van der Waals surface area contributed by atoms with Gasteiger partial charge in [0.1, 0.15) is 5.70 Å². The minimum absolute atomic E-state index is 0.0299. The highest BCUT2D eigenvalue weighted by Gasteiger charge is 2.32. The Morgan fingerprint density at radius 1 is 1.29 bits per heavy atom. The van der Waals surface area contributed by atoms with E-state index in [0.717, 1.165) is 10.5 Å². The summed E-state index contributed by atoms with van der Waals surface area (Å²) in [6.07, 6.45) is 1.89. The second-order valence-electron chi connectivity index (χ2n) is 6.59. The number of rotatable bonds is 4.